The van der Waals surface area contributed by atoms with Gasteiger partial charge in [-0.05, 0) is 24.3 Å². The van der Waals surface area contributed by atoms with Gasteiger partial charge in [-0.1, -0.05) is 12.1 Å². The molecular weight excluding hydrogens is 397 g/mol. The number of carbonyl (C=O) groups is 1. The Hall–Kier alpha value is -3.43. The summed E-state index contributed by atoms with van der Waals surface area (Å²) in [4.78, 5) is 20.4. The molecule has 4 rings (SSSR count). The second kappa shape index (κ2) is 6.57. The summed E-state index contributed by atoms with van der Waals surface area (Å²) in [7, 11) is 0.916. The van der Waals surface area contributed by atoms with Crippen molar-refractivity contribution in [3.05, 3.63) is 71.3 Å². The standard InChI is InChI=1S/C19H12F5N3O2/c1-29-17-14(19(22,23)24)16(10-3-2-4-11(20)15(10)21)27(18(17)28)9-5-6-12-13(7-9)26-8-25-12/h2-8,16H,1H3,(H,25,26). The predicted octanol–water partition coefficient (Wildman–Crippen LogP) is 4.39. The number of ether oxygens (including phenoxy) is 1. The summed E-state index contributed by atoms with van der Waals surface area (Å²) < 4.78 is 74.7. The smallest absolute Gasteiger partial charge is 0.418 e. The number of hydrogen-bond acceptors (Lipinski definition) is 3. The second-order valence-electron chi connectivity index (χ2n) is 6.27. The lowest BCUT2D eigenvalue weighted by molar-refractivity contribution is -0.118. The molecule has 0 radical (unpaired) electrons. The molecule has 1 N–H and O–H groups in total. The van der Waals surface area contributed by atoms with Crippen LogP contribution in [0, 0.1) is 11.6 Å². The van der Waals surface area contributed by atoms with Crippen molar-refractivity contribution in [3.63, 3.8) is 0 Å². The average molecular weight is 409 g/mol. The Morgan fingerprint density at radius 3 is 2.62 bits per heavy atom. The summed E-state index contributed by atoms with van der Waals surface area (Å²) in [6, 6.07) is 5.16. The molecule has 0 aliphatic carbocycles. The number of methoxy groups -OCH3 is 1. The zero-order valence-electron chi connectivity index (χ0n) is 14.7. The molecule has 1 aliphatic rings. The third kappa shape index (κ3) is 2.91. The number of fused-ring (bicyclic) bond motifs is 1. The summed E-state index contributed by atoms with van der Waals surface area (Å²) >= 11 is 0. The second-order valence-corrected chi connectivity index (χ2v) is 6.27. The molecule has 2 heterocycles. The highest BCUT2D eigenvalue weighted by atomic mass is 19.4. The van der Waals surface area contributed by atoms with Crippen LogP contribution in [0.4, 0.5) is 27.6 Å². The van der Waals surface area contributed by atoms with E-state index < -0.39 is 46.7 Å². The number of rotatable bonds is 3. The van der Waals surface area contributed by atoms with E-state index in [0.717, 1.165) is 30.2 Å². The van der Waals surface area contributed by atoms with Crippen LogP contribution in [-0.4, -0.2) is 29.2 Å². The zero-order chi connectivity index (χ0) is 20.9. The normalized spacial score (nSPS) is 17.5. The predicted molar refractivity (Wildman–Crippen MR) is 92.8 cm³/mol. The fourth-order valence-corrected chi connectivity index (χ4v) is 3.44. The van der Waals surface area contributed by atoms with E-state index in [2.05, 4.69) is 9.97 Å². The third-order valence-electron chi connectivity index (χ3n) is 4.66. The topological polar surface area (TPSA) is 58.2 Å². The van der Waals surface area contributed by atoms with Crippen LogP contribution < -0.4 is 4.90 Å². The van der Waals surface area contributed by atoms with Crippen molar-refractivity contribution >= 4 is 22.6 Å². The number of amides is 1. The van der Waals surface area contributed by atoms with Crippen LogP contribution in [0.5, 0.6) is 0 Å². The summed E-state index contributed by atoms with van der Waals surface area (Å²) in [5, 5.41) is 0. The monoisotopic (exact) mass is 409 g/mol. The molecule has 3 aromatic rings. The Balaban J connectivity index is 1.98. The first kappa shape index (κ1) is 18.9. The number of nitrogens with zero attached hydrogens (tertiary/aromatic N) is 2. The van der Waals surface area contributed by atoms with Crippen LogP contribution in [0.2, 0.25) is 0 Å². The minimum atomic E-state index is -5.03. The van der Waals surface area contributed by atoms with E-state index in [1.807, 2.05) is 0 Å². The van der Waals surface area contributed by atoms with Crippen molar-refractivity contribution in [1.82, 2.24) is 9.97 Å². The highest BCUT2D eigenvalue weighted by Crippen LogP contribution is 2.49. The first-order valence-corrected chi connectivity index (χ1v) is 8.30. The molecule has 150 valence electrons. The van der Waals surface area contributed by atoms with Crippen LogP contribution in [-0.2, 0) is 9.53 Å². The van der Waals surface area contributed by atoms with Crippen LogP contribution in [0.25, 0.3) is 11.0 Å². The largest absolute Gasteiger partial charge is 0.491 e. The summed E-state index contributed by atoms with van der Waals surface area (Å²) in [6.07, 6.45) is -3.65. The van der Waals surface area contributed by atoms with Crippen molar-refractivity contribution in [2.45, 2.75) is 12.2 Å². The molecule has 29 heavy (non-hydrogen) atoms. The molecule has 0 saturated heterocycles. The number of anilines is 1. The molecule has 1 aliphatic heterocycles. The van der Waals surface area contributed by atoms with Gasteiger partial charge in [-0.15, -0.1) is 0 Å². The van der Waals surface area contributed by atoms with Crippen molar-refractivity contribution in [2.24, 2.45) is 0 Å². The zero-order valence-corrected chi connectivity index (χ0v) is 14.7. The van der Waals surface area contributed by atoms with Gasteiger partial charge in [0.2, 0.25) is 0 Å². The molecule has 5 nitrogen and oxygen atoms in total. The minimum absolute atomic E-state index is 0.0363. The molecule has 1 aromatic heterocycles. The van der Waals surface area contributed by atoms with E-state index in [4.69, 9.17) is 4.74 Å². The quantitative estimate of drug-likeness (QED) is 0.653. The number of halogens is 5. The number of hydrogen-bond donors (Lipinski definition) is 1. The van der Waals surface area contributed by atoms with Gasteiger partial charge in [-0.3, -0.25) is 9.69 Å². The van der Waals surface area contributed by atoms with Crippen molar-refractivity contribution < 1.29 is 31.5 Å². The fourth-order valence-electron chi connectivity index (χ4n) is 3.44. The van der Waals surface area contributed by atoms with E-state index in [-0.39, 0.29) is 5.69 Å². The van der Waals surface area contributed by atoms with Crippen LogP contribution >= 0.6 is 0 Å². The lowest BCUT2D eigenvalue weighted by Crippen LogP contribution is -2.32. The third-order valence-corrected chi connectivity index (χ3v) is 4.66. The SMILES string of the molecule is COC1=C(C(F)(F)F)C(c2cccc(F)c2F)N(c2ccc3nc[nH]c3c2)C1=O. The van der Waals surface area contributed by atoms with Crippen LogP contribution in [0.1, 0.15) is 11.6 Å². The van der Waals surface area contributed by atoms with Gasteiger partial charge in [-0.2, -0.15) is 13.2 Å². The molecular formula is C19H12F5N3O2. The summed E-state index contributed by atoms with van der Waals surface area (Å²) in [5.41, 5.74) is -1.03. The lowest BCUT2D eigenvalue weighted by Gasteiger charge is -2.28. The number of benzene rings is 2. The number of aromatic amines is 1. The first-order chi connectivity index (χ1) is 13.7. The van der Waals surface area contributed by atoms with Crippen LogP contribution in [0.15, 0.2) is 54.1 Å². The fraction of sp³-hybridized carbons (Fsp3) is 0.158. The molecule has 0 bridgehead atoms. The molecule has 2 aromatic carbocycles. The Morgan fingerprint density at radius 2 is 1.93 bits per heavy atom. The van der Waals surface area contributed by atoms with E-state index in [1.54, 1.807) is 0 Å². The number of H-pyrrole nitrogens is 1. The molecule has 1 unspecified atom stereocenters. The minimum Gasteiger partial charge on any atom is -0.491 e. The first-order valence-electron chi connectivity index (χ1n) is 8.30. The molecule has 1 atom stereocenters. The summed E-state index contributed by atoms with van der Waals surface area (Å²) in [6.45, 7) is 0. The number of nitrogens with one attached hydrogen (secondary N) is 1. The van der Waals surface area contributed by atoms with Gasteiger partial charge >= 0.3 is 6.18 Å². The van der Waals surface area contributed by atoms with Crippen molar-refractivity contribution in [2.75, 3.05) is 12.0 Å². The maximum absolute atomic E-state index is 14.5. The highest BCUT2D eigenvalue weighted by Gasteiger charge is 2.54. The van der Waals surface area contributed by atoms with Gasteiger partial charge in [0.05, 0.1) is 30.5 Å². The van der Waals surface area contributed by atoms with Gasteiger partial charge in [0.25, 0.3) is 5.91 Å². The van der Waals surface area contributed by atoms with Gasteiger partial charge in [-0.25, -0.2) is 13.8 Å². The molecule has 0 spiro atoms. The Labute approximate surface area is 160 Å². The molecule has 1 amide bonds. The van der Waals surface area contributed by atoms with E-state index in [9.17, 15) is 26.7 Å². The Bertz CT molecular complexity index is 1150. The average Bonchev–Trinajstić information content (AvgIpc) is 3.24. The maximum Gasteiger partial charge on any atom is 0.418 e. The summed E-state index contributed by atoms with van der Waals surface area (Å²) in [5.74, 6) is -4.90. The number of alkyl halides is 3. The van der Waals surface area contributed by atoms with Gasteiger partial charge < -0.3 is 9.72 Å². The number of imidazole rings is 1. The van der Waals surface area contributed by atoms with Gasteiger partial charge in [0, 0.05) is 11.3 Å². The number of aromatic nitrogens is 2. The molecule has 0 saturated carbocycles. The highest BCUT2D eigenvalue weighted by molar-refractivity contribution is 6.09. The number of carbonyl (C=O) groups excluding carboxylic acids is 1. The van der Waals surface area contributed by atoms with E-state index in [0.29, 0.717) is 11.0 Å². The van der Waals surface area contributed by atoms with Crippen molar-refractivity contribution in [3.8, 4) is 0 Å². The van der Waals surface area contributed by atoms with E-state index in [1.165, 1.54) is 24.5 Å². The van der Waals surface area contributed by atoms with E-state index >= 15 is 0 Å². The van der Waals surface area contributed by atoms with Gasteiger partial charge in [0.1, 0.15) is 5.57 Å². The van der Waals surface area contributed by atoms with Crippen molar-refractivity contribution in [1.29, 1.82) is 0 Å². The lowest BCUT2D eigenvalue weighted by atomic mass is 9.97. The maximum atomic E-state index is 14.5. The molecule has 0 fully saturated rings. The van der Waals surface area contributed by atoms with Gasteiger partial charge in [0.15, 0.2) is 17.4 Å². The Morgan fingerprint density at radius 1 is 1.17 bits per heavy atom. The Kier molecular flexibility index (Phi) is 4.29. The van der Waals surface area contributed by atoms with Crippen LogP contribution in [0.3, 0.4) is 0 Å². The molecule has 10 heteroatoms.